The molecule has 2 heterocycles. The predicted octanol–water partition coefficient (Wildman–Crippen LogP) is 4.04. The zero-order valence-electron chi connectivity index (χ0n) is 14.6. The fraction of sp³-hybridized carbons (Fsp3) is 0.188. The molecule has 0 bridgehead atoms. The second kappa shape index (κ2) is 7.36. The largest absolute Gasteiger partial charge is 0.433 e. The molecule has 1 aromatic carbocycles. The lowest BCUT2D eigenvalue weighted by Crippen LogP contribution is -2.10. The van der Waals surface area contributed by atoms with Gasteiger partial charge in [-0.25, -0.2) is 23.4 Å². The molecule has 12 heteroatoms. The van der Waals surface area contributed by atoms with Gasteiger partial charge >= 0.3 is 6.18 Å². The number of thiazole rings is 1. The van der Waals surface area contributed by atoms with Gasteiger partial charge in [0.2, 0.25) is 16.0 Å². The first kappa shape index (κ1) is 20.0. The van der Waals surface area contributed by atoms with Gasteiger partial charge in [-0.05, 0) is 36.2 Å². The minimum atomic E-state index is -4.57. The number of nitrogens with one attached hydrogen (secondary N) is 2. The molecule has 0 radical (unpaired) electrons. The Morgan fingerprint density at radius 2 is 1.89 bits per heavy atom. The highest BCUT2D eigenvalue weighted by Gasteiger charge is 2.32. The summed E-state index contributed by atoms with van der Waals surface area (Å²) in [7, 11) is -3.44. The minimum Gasteiger partial charge on any atom is -0.324 e. The van der Waals surface area contributed by atoms with Crippen LogP contribution in [0.1, 0.15) is 11.3 Å². The molecule has 148 valence electrons. The Bertz CT molecular complexity index is 1110. The normalized spacial score (nSPS) is 12.0. The summed E-state index contributed by atoms with van der Waals surface area (Å²) in [5.74, 6) is -0.185. The van der Waals surface area contributed by atoms with Crippen molar-refractivity contribution in [2.75, 3.05) is 16.3 Å². The summed E-state index contributed by atoms with van der Waals surface area (Å²) in [4.78, 5) is 12.0. The van der Waals surface area contributed by atoms with Gasteiger partial charge in [-0.15, -0.1) is 0 Å². The van der Waals surface area contributed by atoms with Crippen LogP contribution in [0, 0.1) is 6.92 Å². The number of rotatable bonds is 5. The van der Waals surface area contributed by atoms with E-state index in [1.165, 1.54) is 6.20 Å². The van der Waals surface area contributed by atoms with Crippen molar-refractivity contribution in [1.29, 1.82) is 0 Å². The van der Waals surface area contributed by atoms with E-state index in [1.54, 1.807) is 12.1 Å². The predicted molar refractivity (Wildman–Crippen MR) is 101 cm³/mol. The summed E-state index contributed by atoms with van der Waals surface area (Å²) in [5, 5.41) is 2.98. The topological polar surface area (TPSA) is 96.9 Å². The second-order valence-electron chi connectivity index (χ2n) is 5.88. The van der Waals surface area contributed by atoms with Crippen LogP contribution in [0.4, 0.5) is 29.9 Å². The first-order valence-electron chi connectivity index (χ1n) is 7.72. The molecular weight excluding hydrogens is 415 g/mol. The molecule has 0 amide bonds. The van der Waals surface area contributed by atoms with Crippen molar-refractivity contribution in [1.82, 2.24) is 15.0 Å². The van der Waals surface area contributed by atoms with Crippen LogP contribution < -0.4 is 10.0 Å². The molecule has 0 aliphatic rings. The van der Waals surface area contributed by atoms with Crippen molar-refractivity contribution < 1.29 is 21.6 Å². The van der Waals surface area contributed by atoms with Gasteiger partial charge in [-0.3, -0.25) is 4.72 Å². The van der Waals surface area contributed by atoms with Crippen molar-refractivity contribution in [2.24, 2.45) is 0 Å². The quantitative estimate of drug-likeness (QED) is 0.635. The Morgan fingerprint density at radius 1 is 1.14 bits per heavy atom. The van der Waals surface area contributed by atoms with Crippen molar-refractivity contribution in [3.8, 4) is 10.4 Å². The van der Waals surface area contributed by atoms with Crippen LogP contribution in [0.25, 0.3) is 10.4 Å². The van der Waals surface area contributed by atoms with Crippen LogP contribution in [0.15, 0.2) is 36.7 Å². The van der Waals surface area contributed by atoms with E-state index in [2.05, 4.69) is 25.0 Å². The molecule has 2 N–H and O–H groups in total. The van der Waals surface area contributed by atoms with Gasteiger partial charge in [0.1, 0.15) is 5.69 Å². The first-order valence-corrected chi connectivity index (χ1v) is 10.4. The zero-order chi connectivity index (χ0) is 20.5. The Kier molecular flexibility index (Phi) is 5.26. The van der Waals surface area contributed by atoms with E-state index < -0.39 is 21.9 Å². The second-order valence-corrected chi connectivity index (χ2v) is 8.66. The minimum absolute atomic E-state index is 0.185. The summed E-state index contributed by atoms with van der Waals surface area (Å²) < 4.78 is 63.3. The smallest absolute Gasteiger partial charge is 0.324 e. The van der Waals surface area contributed by atoms with Gasteiger partial charge in [0.05, 0.1) is 11.1 Å². The summed E-state index contributed by atoms with van der Waals surface area (Å²) in [5.41, 5.74) is 0.990. The fourth-order valence-electron chi connectivity index (χ4n) is 2.32. The third kappa shape index (κ3) is 5.16. The van der Waals surface area contributed by atoms with Crippen LogP contribution in [-0.2, 0) is 16.2 Å². The summed E-state index contributed by atoms with van der Waals surface area (Å²) in [6.45, 7) is 1.82. The lowest BCUT2D eigenvalue weighted by molar-refractivity contribution is -0.141. The van der Waals surface area contributed by atoms with Crippen LogP contribution in [0.2, 0.25) is 0 Å². The highest BCUT2D eigenvalue weighted by molar-refractivity contribution is 7.92. The van der Waals surface area contributed by atoms with Crippen LogP contribution in [-0.4, -0.2) is 29.6 Å². The summed E-state index contributed by atoms with van der Waals surface area (Å²) in [6, 6.07) is 6.05. The SMILES string of the molecule is Cc1cc(Nc2nccc(C(F)(F)F)n2)cc(-c2cnc(NS(C)(=O)=O)s2)c1. The maximum Gasteiger partial charge on any atom is 0.433 e. The highest BCUT2D eigenvalue weighted by Crippen LogP contribution is 2.33. The summed E-state index contributed by atoms with van der Waals surface area (Å²) in [6.07, 6.45) is -1.00. The molecule has 28 heavy (non-hydrogen) atoms. The maximum atomic E-state index is 12.8. The molecule has 0 saturated heterocycles. The fourth-order valence-corrected chi connectivity index (χ4v) is 3.96. The van der Waals surface area contributed by atoms with Gasteiger partial charge in [0.15, 0.2) is 5.13 Å². The zero-order valence-corrected chi connectivity index (χ0v) is 16.2. The van der Waals surface area contributed by atoms with Gasteiger partial charge in [0.25, 0.3) is 0 Å². The lowest BCUT2D eigenvalue weighted by Gasteiger charge is -2.10. The average molecular weight is 429 g/mol. The van der Waals surface area contributed by atoms with Gasteiger partial charge in [0, 0.05) is 18.1 Å². The number of hydrogen-bond acceptors (Lipinski definition) is 7. The van der Waals surface area contributed by atoms with E-state index >= 15 is 0 Å². The number of nitrogens with zero attached hydrogens (tertiary/aromatic N) is 3. The van der Waals surface area contributed by atoms with Gasteiger partial charge in [-0.2, -0.15) is 13.2 Å². The van der Waals surface area contributed by atoms with Gasteiger partial charge < -0.3 is 5.32 Å². The molecule has 0 aliphatic carbocycles. The molecule has 0 unspecified atom stereocenters. The van der Waals surface area contributed by atoms with E-state index in [0.717, 1.165) is 35.4 Å². The van der Waals surface area contributed by atoms with Gasteiger partial charge in [-0.1, -0.05) is 17.4 Å². The third-order valence-electron chi connectivity index (χ3n) is 3.34. The molecular formula is C16H14F3N5O2S2. The Labute approximate surface area is 162 Å². The molecule has 0 saturated carbocycles. The number of aromatic nitrogens is 3. The first-order chi connectivity index (χ1) is 13.0. The van der Waals surface area contributed by atoms with Crippen molar-refractivity contribution >= 4 is 38.1 Å². The molecule has 7 nitrogen and oxygen atoms in total. The van der Waals surface area contributed by atoms with Crippen molar-refractivity contribution in [3.05, 3.63) is 47.9 Å². The van der Waals surface area contributed by atoms with E-state index in [1.807, 2.05) is 13.0 Å². The van der Waals surface area contributed by atoms with Crippen LogP contribution >= 0.6 is 11.3 Å². The number of halogens is 3. The molecule has 0 atom stereocenters. The molecule has 3 rings (SSSR count). The monoisotopic (exact) mass is 429 g/mol. The number of benzene rings is 1. The Balaban J connectivity index is 1.88. The van der Waals surface area contributed by atoms with Crippen molar-refractivity contribution in [3.63, 3.8) is 0 Å². The van der Waals surface area contributed by atoms with E-state index in [-0.39, 0.29) is 11.1 Å². The number of sulfonamides is 1. The number of anilines is 3. The van der Waals surface area contributed by atoms with E-state index in [0.29, 0.717) is 16.1 Å². The Morgan fingerprint density at radius 3 is 2.57 bits per heavy atom. The molecule has 3 aromatic rings. The van der Waals surface area contributed by atoms with E-state index in [9.17, 15) is 21.6 Å². The Hall–Kier alpha value is -2.73. The van der Waals surface area contributed by atoms with Crippen LogP contribution in [0.3, 0.4) is 0 Å². The van der Waals surface area contributed by atoms with Crippen molar-refractivity contribution in [2.45, 2.75) is 13.1 Å². The van der Waals surface area contributed by atoms with Crippen LogP contribution in [0.5, 0.6) is 0 Å². The van der Waals surface area contributed by atoms with E-state index in [4.69, 9.17) is 0 Å². The molecule has 0 fully saturated rings. The standard InChI is InChI=1S/C16H14F3N5O2S2/c1-9-5-10(12-8-21-15(27-12)24-28(2,25)26)7-11(6-9)22-14-20-4-3-13(23-14)16(17,18)19/h3-8H,1-2H3,(H,21,24)(H,20,22,23). The number of hydrogen-bond donors (Lipinski definition) is 2. The molecule has 0 spiro atoms. The molecule has 2 aromatic heterocycles. The highest BCUT2D eigenvalue weighted by atomic mass is 32.2. The average Bonchev–Trinajstić information content (AvgIpc) is 3.00. The summed E-state index contributed by atoms with van der Waals surface area (Å²) >= 11 is 1.13. The maximum absolute atomic E-state index is 12.8. The third-order valence-corrected chi connectivity index (χ3v) is 5.00. The number of aryl methyl sites for hydroxylation is 1. The molecule has 0 aliphatic heterocycles. The lowest BCUT2D eigenvalue weighted by atomic mass is 10.1. The number of alkyl halides is 3.